The van der Waals surface area contributed by atoms with Crippen LogP contribution in [0.1, 0.15) is 32.3 Å². The molecule has 36 heavy (non-hydrogen) atoms. The Morgan fingerprint density at radius 2 is 1.78 bits per heavy atom. The Labute approximate surface area is 221 Å². The average Bonchev–Trinajstić information content (AvgIpc) is 3.07. The lowest BCUT2D eigenvalue weighted by atomic mass is 10.1. The van der Waals surface area contributed by atoms with Crippen LogP contribution in [-0.2, 0) is 26.2 Å². The molecular weight excluding hydrogens is 521 g/mol. The summed E-state index contributed by atoms with van der Waals surface area (Å²) in [5.41, 5.74) is 1.36. The van der Waals surface area contributed by atoms with E-state index < -0.39 is 16.1 Å². The molecule has 0 radical (unpaired) electrons. The maximum Gasteiger partial charge on any atom is 0.265 e. The number of halogens is 2. The molecule has 1 N–H and O–H groups in total. The van der Waals surface area contributed by atoms with Crippen molar-refractivity contribution in [3.8, 4) is 0 Å². The van der Waals surface area contributed by atoms with Crippen molar-refractivity contribution in [2.24, 2.45) is 0 Å². The van der Waals surface area contributed by atoms with Crippen LogP contribution in [0.5, 0.6) is 0 Å². The molecule has 1 heterocycles. The van der Waals surface area contributed by atoms with E-state index in [0.717, 1.165) is 10.9 Å². The molecule has 10 heteroatoms. The van der Waals surface area contributed by atoms with Gasteiger partial charge in [0.1, 0.15) is 6.04 Å². The third kappa shape index (κ3) is 5.03. The highest BCUT2D eigenvalue weighted by molar-refractivity contribution is 7.93. The fourth-order valence-electron chi connectivity index (χ4n) is 4.46. The van der Waals surface area contributed by atoms with Gasteiger partial charge in [-0.05, 0) is 55.5 Å². The van der Waals surface area contributed by atoms with Crippen LogP contribution in [0.4, 0.5) is 5.69 Å². The molecule has 4 rings (SSSR count). The van der Waals surface area contributed by atoms with Crippen LogP contribution in [0.2, 0.25) is 10.0 Å². The molecule has 0 aromatic heterocycles. The molecule has 3 aromatic carbocycles. The van der Waals surface area contributed by atoms with Gasteiger partial charge in [-0.2, -0.15) is 0 Å². The maximum atomic E-state index is 13.3. The number of anilines is 1. The first-order valence-corrected chi connectivity index (χ1v) is 13.9. The molecular formula is C26H27Cl2N3O4S. The SMILES string of the molecule is CCNC(=O)[C@@H](C)N(Cc1ccc(Cl)c(Cl)c1)C(=O)CCCN1c2cccc3cccc(c23)S1(=O)=O. The van der Waals surface area contributed by atoms with Crippen molar-refractivity contribution in [1.29, 1.82) is 0 Å². The van der Waals surface area contributed by atoms with E-state index in [1.807, 2.05) is 25.1 Å². The number of carbonyl (C=O) groups excluding carboxylic acids is 2. The molecule has 0 unspecified atom stereocenters. The number of sulfonamides is 1. The van der Waals surface area contributed by atoms with E-state index in [2.05, 4.69) is 5.32 Å². The van der Waals surface area contributed by atoms with Gasteiger partial charge in [0.15, 0.2) is 0 Å². The second-order valence-electron chi connectivity index (χ2n) is 8.65. The minimum atomic E-state index is -3.69. The lowest BCUT2D eigenvalue weighted by molar-refractivity contribution is -0.140. The topological polar surface area (TPSA) is 86.8 Å². The zero-order chi connectivity index (χ0) is 26.0. The highest BCUT2D eigenvalue weighted by Crippen LogP contribution is 2.42. The lowest BCUT2D eigenvalue weighted by Crippen LogP contribution is -2.47. The van der Waals surface area contributed by atoms with E-state index in [0.29, 0.717) is 34.1 Å². The Morgan fingerprint density at radius 1 is 1.06 bits per heavy atom. The molecule has 1 atom stereocenters. The van der Waals surface area contributed by atoms with Crippen LogP contribution in [-0.4, -0.2) is 44.3 Å². The molecule has 0 spiro atoms. The van der Waals surface area contributed by atoms with Gasteiger partial charge in [0.05, 0.1) is 20.6 Å². The Hall–Kier alpha value is -2.81. The zero-order valence-corrected chi connectivity index (χ0v) is 22.3. The predicted molar refractivity (Wildman–Crippen MR) is 143 cm³/mol. The molecule has 0 saturated heterocycles. The van der Waals surface area contributed by atoms with Crippen molar-refractivity contribution < 1.29 is 18.0 Å². The Balaban J connectivity index is 1.50. The highest BCUT2D eigenvalue weighted by atomic mass is 35.5. The fraction of sp³-hybridized carbons (Fsp3) is 0.308. The van der Waals surface area contributed by atoms with Gasteiger partial charge in [0.25, 0.3) is 10.0 Å². The highest BCUT2D eigenvalue weighted by Gasteiger charge is 2.35. The van der Waals surface area contributed by atoms with Gasteiger partial charge >= 0.3 is 0 Å². The first kappa shape index (κ1) is 26.3. The van der Waals surface area contributed by atoms with Crippen LogP contribution >= 0.6 is 23.2 Å². The molecule has 2 amide bonds. The van der Waals surface area contributed by atoms with Crippen LogP contribution in [0.25, 0.3) is 10.8 Å². The zero-order valence-electron chi connectivity index (χ0n) is 20.0. The number of likely N-dealkylation sites (N-methyl/N-ethyl adjacent to an activating group) is 1. The Kier molecular flexibility index (Phi) is 7.78. The smallest absolute Gasteiger partial charge is 0.265 e. The molecule has 0 saturated carbocycles. The summed E-state index contributed by atoms with van der Waals surface area (Å²) in [6, 6.07) is 15.1. The van der Waals surface area contributed by atoms with E-state index in [1.165, 1.54) is 9.21 Å². The van der Waals surface area contributed by atoms with Crippen molar-refractivity contribution >= 4 is 61.5 Å². The molecule has 1 aliphatic rings. The Bertz CT molecular complexity index is 1420. The summed E-state index contributed by atoms with van der Waals surface area (Å²) < 4.78 is 27.8. The summed E-state index contributed by atoms with van der Waals surface area (Å²) in [7, 11) is -3.69. The number of hydrogen-bond acceptors (Lipinski definition) is 4. The summed E-state index contributed by atoms with van der Waals surface area (Å²) in [6.07, 6.45) is 0.367. The number of nitrogens with one attached hydrogen (secondary N) is 1. The number of hydrogen-bond donors (Lipinski definition) is 1. The Morgan fingerprint density at radius 3 is 2.47 bits per heavy atom. The molecule has 1 aliphatic heterocycles. The average molecular weight is 548 g/mol. The molecule has 3 aromatic rings. The van der Waals surface area contributed by atoms with Gasteiger partial charge in [0.2, 0.25) is 11.8 Å². The van der Waals surface area contributed by atoms with E-state index in [4.69, 9.17) is 23.2 Å². The van der Waals surface area contributed by atoms with Gasteiger partial charge < -0.3 is 10.2 Å². The van der Waals surface area contributed by atoms with Crippen LogP contribution < -0.4 is 9.62 Å². The van der Waals surface area contributed by atoms with Gasteiger partial charge in [-0.1, -0.05) is 53.5 Å². The predicted octanol–water partition coefficient (Wildman–Crippen LogP) is 4.99. The van der Waals surface area contributed by atoms with E-state index in [1.54, 1.807) is 43.3 Å². The molecule has 0 aliphatic carbocycles. The minimum absolute atomic E-state index is 0.0728. The van der Waals surface area contributed by atoms with Crippen molar-refractivity contribution in [1.82, 2.24) is 10.2 Å². The second-order valence-corrected chi connectivity index (χ2v) is 11.3. The number of benzene rings is 3. The van der Waals surface area contributed by atoms with Crippen molar-refractivity contribution in [3.63, 3.8) is 0 Å². The third-order valence-corrected chi connectivity index (χ3v) is 8.88. The largest absolute Gasteiger partial charge is 0.355 e. The minimum Gasteiger partial charge on any atom is -0.355 e. The van der Waals surface area contributed by atoms with E-state index in [9.17, 15) is 18.0 Å². The summed E-state index contributed by atoms with van der Waals surface area (Å²) in [4.78, 5) is 27.6. The first-order valence-electron chi connectivity index (χ1n) is 11.7. The lowest BCUT2D eigenvalue weighted by Gasteiger charge is -2.29. The number of carbonyl (C=O) groups is 2. The van der Waals surface area contributed by atoms with E-state index in [-0.39, 0.29) is 36.2 Å². The van der Waals surface area contributed by atoms with Crippen LogP contribution in [0.15, 0.2) is 59.5 Å². The normalized spacial score (nSPS) is 14.6. The number of amides is 2. The van der Waals surface area contributed by atoms with Gasteiger partial charge in [-0.25, -0.2) is 8.42 Å². The first-order chi connectivity index (χ1) is 17.1. The summed E-state index contributed by atoms with van der Waals surface area (Å²) in [5, 5.41) is 5.08. The summed E-state index contributed by atoms with van der Waals surface area (Å²) in [6.45, 7) is 4.24. The number of nitrogens with zero attached hydrogens (tertiary/aromatic N) is 2. The summed E-state index contributed by atoms with van der Waals surface area (Å²) in [5.74, 6) is -0.526. The molecule has 0 bridgehead atoms. The molecule has 190 valence electrons. The number of rotatable bonds is 9. The monoisotopic (exact) mass is 547 g/mol. The van der Waals surface area contributed by atoms with Gasteiger partial charge in [0, 0.05) is 31.4 Å². The second kappa shape index (κ2) is 10.7. The van der Waals surface area contributed by atoms with Crippen molar-refractivity contribution in [2.45, 2.75) is 44.2 Å². The van der Waals surface area contributed by atoms with Crippen LogP contribution in [0, 0.1) is 0 Å². The maximum absolute atomic E-state index is 13.3. The third-order valence-electron chi connectivity index (χ3n) is 6.29. The quantitative estimate of drug-likeness (QED) is 0.408. The van der Waals surface area contributed by atoms with Gasteiger partial charge in [-0.3, -0.25) is 13.9 Å². The fourth-order valence-corrected chi connectivity index (χ4v) is 6.53. The van der Waals surface area contributed by atoms with E-state index >= 15 is 0 Å². The standard InChI is InChI=1S/C26H27Cl2N3O4S/c1-3-29-26(33)17(2)30(16-18-12-13-20(27)21(28)15-18)24(32)11-6-14-31-22-9-4-7-19-8-5-10-23(25(19)22)36(31,34)35/h4-5,7-10,12-13,15,17H,3,6,11,14,16H2,1-2H3,(H,29,33)/t17-/m1/s1. The molecule has 7 nitrogen and oxygen atoms in total. The van der Waals surface area contributed by atoms with Crippen molar-refractivity contribution in [3.05, 3.63) is 70.2 Å². The van der Waals surface area contributed by atoms with Crippen molar-refractivity contribution in [2.75, 3.05) is 17.4 Å². The van der Waals surface area contributed by atoms with Crippen LogP contribution in [0.3, 0.4) is 0 Å². The molecule has 0 fully saturated rings. The van der Waals surface area contributed by atoms with Gasteiger partial charge in [-0.15, -0.1) is 0 Å². The summed E-state index contributed by atoms with van der Waals surface area (Å²) >= 11 is 12.2.